The number of ether oxygens (including phenoxy) is 1. The van der Waals surface area contributed by atoms with Gasteiger partial charge in [0.05, 0.1) is 11.6 Å². The van der Waals surface area contributed by atoms with E-state index in [0.29, 0.717) is 24.4 Å². The van der Waals surface area contributed by atoms with Gasteiger partial charge in [-0.25, -0.2) is 0 Å². The monoisotopic (exact) mass is 274 g/mol. The molecule has 0 fully saturated rings. The maximum atomic E-state index is 12.2. The molecule has 0 aromatic heterocycles. The molecule has 0 spiro atoms. The second kappa shape index (κ2) is 6.95. The standard InChI is InChI=1S/C16H22N2O2/c1-6-18(7-2)16(19)13(5)20-15-11(3)8-14(10-17)9-12(15)4/h8-9,13H,6-7H2,1-5H3. The van der Waals surface area contributed by atoms with Gasteiger partial charge in [-0.1, -0.05) is 0 Å². The molecule has 0 aliphatic rings. The Kier molecular flexibility index (Phi) is 5.57. The fourth-order valence-electron chi connectivity index (χ4n) is 2.22. The molecule has 0 saturated heterocycles. The second-order valence-corrected chi connectivity index (χ2v) is 4.82. The number of carbonyl (C=O) groups excluding carboxylic acids is 1. The van der Waals surface area contributed by atoms with Gasteiger partial charge in [-0.05, 0) is 57.9 Å². The van der Waals surface area contributed by atoms with E-state index >= 15 is 0 Å². The van der Waals surface area contributed by atoms with Crippen molar-refractivity contribution >= 4 is 5.91 Å². The number of amides is 1. The van der Waals surface area contributed by atoms with Crippen LogP contribution in [0.1, 0.15) is 37.5 Å². The molecule has 0 radical (unpaired) electrons. The summed E-state index contributed by atoms with van der Waals surface area (Å²) in [4.78, 5) is 14.0. The lowest BCUT2D eigenvalue weighted by Gasteiger charge is -2.24. The highest BCUT2D eigenvalue weighted by atomic mass is 16.5. The molecule has 1 unspecified atom stereocenters. The molecule has 108 valence electrons. The Balaban J connectivity index is 2.94. The third kappa shape index (κ3) is 3.51. The lowest BCUT2D eigenvalue weighted by Crippen LogP contribution is -2.40. The smallest absolute Gasteiger partial charge is 0.263 e. The first-order chi connectivity index (χ1) is 9.44. The zero-order chi connectivity index (χ0) is 15.3. The van der Waals surface area contributed by atoms with Gasteiger partial charge in [0.2, 0.25) is 0 Å². The lowest BCUT2D eigenvalue weighted by atomic mass is 10.1. The van der Waals surface area contributed by atoms with Crippen LogP contribution < -0.4 is 4.74 Å². The van der Waals surface area contributed by atoms with E-state index in [1.807, 2.05) is 27.7 Å². The average Bonchev–Trinajstić information content (AvgIpc) is 2.43. The van der Waals surface area contributed by atoms with Crippen LogP contribution in [0.5, 0.6) is 5.75 Å². The van der Waals surface area contributed by atoms with Crippen LogP contribution >= 0.6 is 0 Å². The Hall–Kier alpha value is -2.02. The molecule has 0 bridgehead atoms. The minimum absolute atomic E-state index is 0.0156. The van der Waals surface area contributed by atoms with Crippen LogP contribution in [0.2, 0.25) is 0 Å². The van der Waals surface area contributed by atoms with Crippen LogP contribution in [0.15, 0.2) is 12.1 Å². The van der Waals surface area contributed by atoms with Gasteiger partial charge in [0, 0.05) is 13.1 Å². The fourth-order valence-corrected chi connectivity index (χ4v) is 2.22. The van der Waals surface area contributed by atoms with Crippen molar-refractivity contribution in [2.75, 3.05) is 13.1 Å². The molecule has 4 heteroatoms. The highest BCUT2D eigenvalue weighted by molar-refractivity contribution is 5.81. The summed E-state index contributed by atoms with van der Waals surface area (Å²) in [6.45, 7) is 10.8. The minimum Gasteiger partial charge on any atom is -0.480 e. The Morgan fingerprint density at radius 2 is 1.80 bits per heavy atom. The molecular formula is C16H22N2O2. The highest BCUT2D eigenvalue weighted by Crippen LogP contribution is 2.26. The third-order valence-corrected chi connectivity index (χ3v) is 3.31. The van der Waals surface area contributed by atoms with Crippen molar-refractivity contribution < 1.29 is 9.53 Å². The molecule has 20 heavy (non-hydrogen) atoms. The first-order valence-corrected chi connectivity index (χ1v) is 6.91. The van der Waals surface area contributed by atoms with E-state index < -0.39 is 6.10 Å². The molecule has 0 aliphatic heterocycles. The van der Waals surface area contributed by atoms with Crippen LogP contribution in [0.4, 0.5) is 0 Å². The van der Waals surface area contributed by atoms with Crippen molar-refractivity contribution in [3.05, 3.63) is 28.8 Å². The number of aryl methyl sites for hydroxylation is 2. The van der Waals surface area contributed by atoms with Crippen LogP contribution in [0.3, 0.4) is 0 Å². The van der Waals surface area contributed by atoms with Crippen LogP contribution in [0, 0.1) is 25.2 Å². The van der Waals surface area contributed by atoms with Gasteiger partial charge in [-0.3, -0.25) is 4.79 Å². The Morgan fingerprint density at radius 1 is 1.30 bits per heavy atom. The molecule has 0 N–H and O–H groups in total. The molecule has 1 aromatic carbocycles. The summed E-state index contributed by atoms with van der Waals surface area (Å²) in [6, 6.07) is 5.67. The molecule has 1 amide bonds. The van der Waals surface area contributed by atoms with Gasteiger partial charge < -0.3 is 9.64 Å². The number of hydrogen-bond donors (Lipinski definition) is 0. The summed E-state index contributed by atoms with van der Waals surface area (Å²) in [5, 5.41) is 8.93. The van der Waals surface area contributed by atoms with Gasteiger partial charge >= 0.3 is 0 Å². The van der Waals surface area contributed by atoms with Crippen LogP contribution in [-0.4, -0.2) is 30.0 Å². The summed E-state index contributed by atoms with van der Waals surface area (Å²) in [7, 11) is 0. The van der Waals surface area contributed by atoms with E-state index in [1.165, 1.54) is 0 Å². The highest BCUT2D eigenvalue weighted by Gasteiger charge is 2.21. The molecule has 1 atom stereocenters. The van der Waals surface area contributed by atoms with Crippen molar-refractivity contribution in [2.45, 2.75) is 40.7 Å². The first kappa shape index (κ1) is 16.0. The first-order valence-electron chi connectivity index (χ1n) is 6.91. The number of benzene rings is 1. The van der Waals surface area contributed by atoms with Crippen molar-refractivity contribution in [1.29, 1.82) is 5.26 Å². The zero-order valence-electron chi connectivity index (χ0n) is 12.9. The number of likely N-dealkylation sites (N-methyl/N-ethyl adjacent to an activating group) is 1. The van der Waals surface area contributed by atoms with E-state index in [2.05, 4.69) is 6.07 Å². The molecule has 0 aliphatic carbocycles. The van der Waals surface area contributed by atoms with E-state index in [-0.39, 0.29) is 5.91 Å². The molecule has 1 aromatic rings. The number of nitrogens with zero attached hydrogens (tertiary/aromatic N) is 2. The number of carbonyl (C=O) groups is 1. The topological polar surface area (TPSA) is 53.3 Å². The Labute approximate surface area is 121 Å². The van der Waals surface area contributed by atoms with Crippen molar-refractivity contribution in [3.8, 4) is 11.8 Å². The van der Waals surface area contributed by atoms with Crippen LogP contribution in [-0.2, 0) is 4.79 Å². The number of nitriles is 1. The van der Waals surface area contributed by atoms with Crippen LogP contribution in [0.25, 0.3) is 0 Å². The minimum atomic E-state index is -0.528. The largest absolute Gasteiger partial charge is 0.480 e. The predicted molar refractivity (Wildman–Crippen MR) is 78.6 cm³/mol. The molecule has 0 heterocycles. The van der Waals surface area contributed by atoms with Gasteiger partial charge in [-0.2, -0.15) is 5.26 Å². The Morgan fingerprint density at radius 3 is 2.20 bits per heavy atom. The summed E-state index contributed by atoms with van der Waals surface area (Å²) >= 11 is 0. The van der Waals surface area contributed by atoms with Gasteiger partial charge in [-0.15, -0.1) is 0 Å². The maximum absolute atomic E-state index is 12.2. The number of rotatable bonds is 5. The quantitative estimate of drug-likeness (QED) is 0.829. The molecular weight excluding hydrogens is 252 g/mol. The predicted octanol–water partition coefficient (Wildman–Crippen LogP) is 2.81. The van der Waals surface area contributed by atoms with Crippen molar-refractivity contribution in [2.24, 2.45) is 0 Å². The van der Waals surface area contributed by atoms with E-state index in [4.69, 9.17) is 10.00 Å². The molecule has 0 saturated carbocycles. The normalized spacial score (nSPS) is 11.6. The van der Waals surface area contributed by atoms with E-state index in [1.54, 1.807) is 24.0 Å². The van der Waals surface area contributed by atoms with E-state index in [9.17, 15) is 4.79 Å². The Bertz CT molecular complexity index is 505. The summed E-state index contributed by atoms with van der Waals surface area (Å²) in [5.74, 6) is 0.676. The van der Waals surface area contributed by atoms with Crippen molar-refractivity contribution in [3.63, 3.8) is 0 Å². The summed E-state index contributed by atoms with van der Waals surface area (Å²) < 4.78 is 5.82. The van der Waals surface area contributed by atoms with Crippen molar-refractivity contribution in [1.82, 2.24) is 4.90 Å². The van der Waals surface area contributed by atoms with E-state index in [0.717, 1.165) is 11.1 Å². The SMILES string of the molecule is CCN(CC)C(=O)C(C)Oc1c(C)cc(C#N)cc1C. The molecule has 4 nitrogen and oxygen atoms in total. The zero-order valence-corrected chi connectivity index (χ0v) is 12.9. The summed E-state index contributed by atoms with van der Waals surface area (Å²) in [6.07, 6.45) is -0.528. The average molecular weight is 274 g/mol. The third-order valence-electron chi connectivity index (χ3n) is 3.31. The molecule has 1 rings (SSSR count). The van der Waals surface area contributed by atoms with Gasteiger partial charge in [0.1, 0.15) is 5.75 Å². The maximum Gasteiger partial charge on any atom is 0.263 e. The summed E-state index contributed by atoms with van der Waals surface area (Å²) in [5.41, 5.74) is 2.36. The second-order valence-electron chi connectivity index (χ2n) is 4.82. The van der Waals surface area contributed by atoms with Gasteiger partial charge in [0.15, 0.2) is 6.10 Å². The lowest BCUT2D eigenvalue weighted by molar-refractivity contribution is -0.137. The number of hydrogen-bond acceptors (Lipinski definition) is 3. The van der Waals surface area contributed by atoms with Gasteiger partial charge in [0.25, 0.3) is 5.91 Å². The fraction of sp³-hybridized carbons (Fsp3) is 0.500.